The number of hydrogen-bond donors (Lipinski definition) is 1. The Bertz CT molecular complexity index is 363. The van der Waals surface area contributed by atoms with E-state index < -0.39 is 6.10 Å². The van der Waals surface area contributed by atoms with Gasteiger partial charge in [-0.2, -0.15) is 0 Å². The molecule has 1 heterocycles. The molecule has 0 bridgehead atoms. The quantitative estimate of drug-likeness (QED) is 0.838. The van der Waals surface area contributed by atoms with E-state index in [4.69, 9.17) is 4.74 Å². The van der Waals surface area contributed by atoms with Crippen molar-refractivity contribution in [1.82, 2.24) is 0 Å². The summed E-state index contributed by atoms with van der Waals surface area (Å²) in [6, 6.07) is 3.99. The lowest BCUT2D eigenvalue weighted by atomic mass is 10.0. The van der Waals surface area contributed by atoms with Gasteiger partial charge >= 0.3 is 0 Å². The van der Waals surface area contributed by atoms with Crippen molar-refractivity contribution in [3.8, 4) is 5.75 Å². The van der Waals surface area contributed by atoms with Crippen molar-refractivity contribution in [3.05, 3.63) is 27.7 Å². The highest BCUT2D eigenvalue weighted by molar-refractivity contribution is 9.10. The second kappa shape index (κ2) is 3.55. The van der Waals surface area contributed by atoms with Gasteiger partial charge in [-0.1, -0.05) is 6.92 Å². The molecule has 2 nitrogen and oxygen atoms in total. The molecule has 0 aliphatic carbocycles. The van der Waals surface area contributed by atoms with Crippen molar-refractivity contribution in [2.24, 2.45) is 0 Å². The van der Waals surface area contributed by atoms with E-state index in [0.717, 1.165) is 27.8 Å². The molecule has 14 heavy (non-hydrogen) atoms. The highest BCUT2D eigenvalue weighted by Crippen LogP contribution is 2.43. The highest BCUT2D eigenvalue weighted by atomic mass is 79.9. The van der Waals surface area contributed by atoms with Crippen molar-refractivity contribution < 1.29 is 9.84 Å². The number of hydrogen-bond acceptors (Lipinski definition) is 2. The van der Waals surface area contributed by atoms with Crippen molar-refractivity contribution in [2.75, 3.05) is 0 Å². The molecule has 0 spiro atoms. The minimum Gasteiger partial charge on any atom is -0.486 e. The van der Waals surface area contributed by atoms with Gasteiger partial charge in [0.05, 0.1) is 4.47 Å². The number of rotatable bonds is 1. The van der Waals surface area contributed by atoms with Crippen LogP contribution in [0.15, 0.2) is 16.6 Å². The van der Waals surface area contributed by atoms with Crippen LogP contribution in [-0.2, 0) is 0 Å². The molecular weight excluding hydrogens is 244 g/mol. The Hall–Kier alpha value is -0.540. The summed E-state index contributed by atoms with van der Waals surface area (Å²) in [5.41, 5.74) is 2.04. The average molecular weight is 257 g/mol. The number of aliphatic hydroxyl groups is 1. The van der Waals surface area contributed by atoms with Crippen LogP contribution in [0.1, 0.15) is 30.6 Å². The first kappa shape index (κ1) is 9.99. The summed E-state index contributed by atoms with van der Waals surface area (Å²) in [5, 5.41) is 9.94. The fourth-order valence-electron chi connectivity index (χ4n) is 1.82. The van der Waals surface area contributed by atoms with E-state index in [0.29, 0.717) is 0 Å². The average Bonchev–Trinajstić information content (AvgIpc) is 2.44. The van der Waals surface area contributed by atoms with Crippen LogP contribution in [0.25, 0.3) is 0 Å². The van der Waals surface area contributed by atoms with Gasteiger partial charge in [0.1, 0.15) is 18.0 Å². The van der Waals surface area contributed by atoms with Crippen molar-refractivity contribution in [1.29, 1.82) is 0 Å². The molecule has 3 heteroatoms. The Balaban J connectivity index is 2.48. The summed E-state index contributed by atoms with van der Waals surface area (Å²) in [6.45, 7) is 4.03. The third-order valence-corrected chi connectivity index (χ3v) is 3.15. The highest BCUT2D eigenvalue weighted by Gasteiger charge is 2.32. The van der Waals surface area contributed by atoms with E-state index in [9.17, 15) is 5.11 Å². The van der Waals surface area contributed by atoms with E-state index in [1.165, 1.54) is 0 Å². The van der Waals surface area contributed by atoms with Gasteiger partial charge in [0.15, 0.2) is 0 Å². The first-order valence-electron chi connectivity index (χ1n) is 4.78. The Morgan fingerprint density at radius 3 is 2.86 bits per heavy atom. The SMILES string of the molecule is CCC1Oc2c(Br)cc(C)cc2C1O. The zero-order valence-electron chi connectivity index (χ0n) is 8.25. The molecule has 0 fully saturated rings. The zero-order valence-corrected chi connectivity index (χ0v) is 9.84. The maximum absolute atomic E-state index is 9.94. The van der Waals surface area contributed by atoms with E-state index >= 15 is 0 Å². The Morgan fingerprint density at radius 1 is 1.50 bits per heavy atom. The number of halogens is 1. The molecule has 2 atom stereocenters. The Kier molecular flexibility index (Phi) is 2.54. The van der Waals surface area contributed by atoms with Gasteiger partial charge < -0.3 is 9.84 Å². The molecule has 2 unspecified atom stereocenters. The molecule has 0 radical (unpaired) electrons. The van der Waals surface area contributed by atoms with Crippen molar-refractivity contribution in [2.45, 2.75) is 32.5 Å². The standard InChI is InChI=1S/C11H13BrO2/c1-3-9-10(13)7-4-6(2)5-8(12)11(7)14-9/h4-5,9-10,13H,3H2,1-2H3. The number of benzene rings is 1. The van der Waals surface area contributed by atoms with Gasteiger partial charge in [0.2, 0.25) is 0 Å². The van der Waals surface area contributed by atoms with Gasteiger partial charge in [-0.15, -0.1) is 0 Å². The third kappa shape index (κ3) is 1.44. The summed E-state index contributed by atoms with van der Waals surface area (Å²) in [6.07, 6.45) is 0.246. The first-order valence-corrected chi connectivity index (χ1v) is 5.57. The van der Waals surface area contributed by atoms with Gasteiger partial charge in [0.25, 0.3) is 0 Å². The second-order valence-corrected chi connectivity index (χ2v) is 4.53. The lowest BCUT2D eigenvalue weighted by Gasteiger charge is -2.10. The van der Waals surface area contributed by atoms with E-state index in [1.54, 1.807) is 0 Å². The van der Waals surface area contributed by atoms with E-state index in [2.05, 4.69) is 15.9 Å². The third-order valence-electron chi connectivity index (χ3n) is 2.56. The zero-order chi connectivity index (χ0) is 10.3. The molecule has 1 aliphatic rings. The molecule has 1 aliphatic heterocycles. The van der Waals surface area contributed by atoms with E-state index in [-0.39, 0.29) is 6.10 Å². The predicted molar refractivity (Wildman–Crippen MR) is 58.5 cm³/mol. The Labute approximate surface area is 92.0 Å². The lowest BCUT2D eigenvalue weighted by Crippen LogP contribution is -2.16. The monoisotopic (exact) mass is 256 g/mol. The molecule has 0 saturated carbocycles. The predicted octanol–water partition coefficient (Wildman–Crippen LogP) is 2.96. The largest absolute Gasteiger partial charge is 0.486 e. The summed E-state index contributed by atoms with van der Waals surface area (Å²) < 4.78 is 6.59. The van der Waals surface area contributed by atoms with Gasteiger partial charge in [-0.05, 0) is 47.0 Å². The number of ether oxygens (including phenoxy) is 1. The van der Waals surface area contributed by atoms with Crippen LogP contribution in [0.5, 0.6) is 5.75 Å². The normalized spacial score (nSPS) is 24.6. The minimum atomic E-state index is -0.480. The van der Waals surface area contributed by atoms with Crippen molar-refractivity contribution in [3.63, 3.8) is 0 Å². The molecule has 2 rings (SSSR count). The van der Waals surface area contributed by atoms with Gasteiger partial charge in [-0.3, -0.25) is 0 Å². The van der Waals surface area contributed by atoms with Crippen LogP contribution in [-0.4, -0.2) is 11.2 Å². The lowest BCUT2D eigenvalue weighted by molar-refractivity contribution is 0.0651. The molecule has 1 aromatic rings. The maximum Gasteiger partial charge on any atom is 0.140 e. The molecule has 1 N–H and O–H groups in total. The van der Waals surface area contributed by atoms with Crippen LogP contribution in [0.4, 0.5) is 0 Å². The maximum atomic E-state index is 9.94. The van der Waals surface area contributed by atoms with Gasteiger partial charge in [-0.25, -0.2) is 0 Å². The van der Waals surface area contributed by atoms with E-state index in [1.807, 2.05) is 26.0 Å². The van der Waals surface area contributed by atoms with Crippen LogP contribution in [0.3, 0.4) is 0 Å². The van der Waals surface area contributed by atoms with Crippen LogP contribution in [0, 0.1) is 6.92 Å². The molecule has 76 valence electrons. The number of aliphatic hydroxyl groups excluding tert-OH is 1. The fourth-order valence-corrected chi connectivity index (χ4v) is 2.51. The smallest absolute Gasteiger partial charge is 0.140 e. The summed E-state index contributed by atoms with van der Waals surface area (Å²) in [4.78, 5) is 0. The molecule has 1 aromatic carbocycles. The molecular formula is C11H13BrO2. The summed E-state index contributed by atoms with van der Waals surface area (Å²) in [7, 11) is 0. The summed E-state index contributed by atoms with van der Waals surface area (Å²) in [5.74, 6) is 0.801. The molecule has 0 saturated heterocycles. The number of aryl methyl sites for hydroxylation is 1. The first-order chi connectivity index (χ1) is 6.63. The topological polar surface area (TPSA) is 29.5 Å². The Morgan fingerprint density at radius 2 is 2.21 bits per heavy atom. The fraction of sp³-hybridized carbons (Fsp3) is 0.455. The van der Waals surface area contributed by atoms with Crippen molar-refractivity contribution >= 4 is 15.9 Å². The van der Waals surface area contributed by atoms with Crippen LogP contribution < -0.4 is 4.74 Å². The van der Waals surface area contributed by atoms with Gasteiger partial charge in [0, 0.05) is 5.56 Å². The van der Waals surface area contributed by atoms with Crippen LogP contribution in [0.2, 0.25) is 0 Å². The summed E-state index contributed by atoms with van der Waals surface area (Å²) >= 11 is 3.45. The minimum absolute atomic E-state index is 0.0944. The second-order valence-electron chi connectivity index (χ2n) is 3.67. The number of fused-ring (bicyclic) bond motifs is 1. The molecule has 0 aromatic heterocycles. The van der Waals surface area contributed by atoms with Crippen LogP contribution >= 0.6 is 15.9 Å². The molecule has 0 amide bonds.